The highest BCUT2D eigenvalue weighted by Gasteiger charge is 2.07. The van der Waals surface area contributed by atoms with E-state index in [1.165, 1.54) is 12.1 Å². The Balaban J connectivity index is 1.88. The number of anilines is 2. The highest BCUT2D eigenvalue weighted by molar-refractivity contribution is 9.10. The van der Waals surface area contributed by atoms with Gasteiger partial charge in [-0.1, -0.05) is 28.1 Å². The summed E-state index contributed by atoms with van der Waals surface area (Å²) >= 11 is 3.39. The maximum atomic E-state index is 13.3. The number of fused-ring (bicyclic) bond motifs is 1. The SMILES string of the molecule is Nc1nc2ccccc2nc1NCc1cc(F)ccc1Br. The van der Waals surface area contributed by atoms with Gasteiger partial charge in [0.25, 0.3) is 0 Å². The number of hydrogen-bond donors (Lipinski definition) is 2. The van der Waals surface area contributed by atoms with E-state index in [2.05, 4.69) is 31.2 Å². The molecule has 0 spiro atoms. The number of rotatable bonds is 3. The van der Waals surface area contributed by atoms with Crippen LogP contribution in [0, 0.1) is 5.82 Å². The summed E-state index contributed by atoms with van der Waals surface area (Å²) in [5, 5.41) is 3.09. The minimum Gasteiger partial charge on any atom is -0.381 e. The summed E-state index contributed by atoms with van der Waals surface area (Å²) in [6.45, 7) is 0.398. The molecule has 6 heteroatoms. The fraction of sp³-hybridized carbons (Fsp3) is 0.0667. The van der Waals surface area contributed by atoms with Crippen LogP contribution in [0.3, 0.4) is 0 Å². The van der Waals surface area contributed by atoms with Crippen LogP contribution >= 0.6 is 15.9 Å². The van der Waals surface area contributed by atoms with Gasteiger partial charge in [0.15, 0.2) is 11.6 Å². The first-order chi connectivity index (χ1) is 10.1. The fourth-order valence-corrected chi connectivity index (χ4v) is 2.39. The lowest BCUT2D eigenvalue weighted by molar-refractivity contribution is 0.625. The van der Waals surface area contributed by atoms with Crippen LogP contribution in [-0.4, -0.2) is 9.97 Å². The van der Waals surface area contributed by atoms with Gasteiger partial charge in [0.2, 0.25) is 0 Å². The van der Waals surface area contributed by atoms with Crippen molar-refractivity contribution in [2.75, 3.05) is 11.1 Å². The third kappa shape index (κ3) is 2.95. The zero-order chi connectivity index (χ0) is 14.8. The molecule has 3 rings (SSSR count). The zero-order valence-electron chi connectivity index (χ0n) is 11.0. The number of benzene rings is 2. The van der Waals surface area contributed by atoms with Crippen molar-refractivity contribution in [3.8, 4) is 0 Å². The van der Waals surface area contributed by atoms with Gasteiger partial charge in [-0.25, -0.2) is 14.4 Å². The Hall–Kier alpha value is -2.21. The van der Waals surface area contributed by atoms with Crippen molar-refractivity contribution in [1.82, 2.24) is 9.97 Å². The average Bonchev–Trinajstić information content (AvgIpc) is 2.48. The Morgan fingerprint density at radius 3 is 2.57 bits per heavy atom. The fourth-order valence-electron chi connectivity index (χ4n) is 2.00. The Morgan fingerprint density at radius 1 is 1.10 bits per heavy atom. The van der Waals surface area contributed by atoms with Crippen LogP contribution in [0.2, 0.25) is 0 Å². The molecule has 0 amide bonds. The topological polar surface area (TPSA) is 63.8 Å². The Labute approximate surface area is 129 Å². The van der Waals surface area contributed by atoms with Crippen molar-refractivity contribution in [2.45, 2.75) is 6.54 Å². The Bertz CT molecular complexity index is 807. The van der Waals surface area contributed by atoms with Crippen molar-refractivity contribution in [2.24, 2.45) is 0 Å². The van der Waals surface area contributed by atoms with E-state index >= 15 is 0 Å². The third-order valence-corrected chi connectivity index (χ3v) is 3.83. The highest BCUT2D eigenvalue weighted by Crippen LogP contribution is 2.22. The van der Waals surface area contributed by atoms with E-state index in [0.29, 0.717) is 18.2 Å². The first-order valence-electron chi connectivity index (χ1n) is 6.33. The van der Waals surface area contributed by atoms with Gasteiger partial charge >= 0.3 is 0 Å². The van der Waals surface area contributed by atoms with Crippen molar-refractivity contribution in [1.29, 1.82) is 0 Å². The molecule has 21 heavy (non-hydrogen) atoms. The lowest BCUT2D eigenvalue weighted by Crippen LogP contribution is -2.07. The Morgan fingerprint density at radius 2 is 1.81 bits per heavy atom. The van der Waals surface area contributed by atoms with Gasteiger partial charge < -0.3 is 11.1 Å². The van der Waals surface area contributed by atoms with E-state index in [1.807, 2.05) is 24.3 Å². The molecule has 0 atom stereocenters. The largest absolute Gasteiger partial charge is 0.381 e. The summed E-state index contributed by atoms with van der Waals surface area (Å²) in [5.41, 5.74) is 8.18. The minimum absolute atomic E-state index is 0.285. The predicted molar refractivity (Wildman–Crippen MR) is 85.4 cm³/mol. The number of nitrogens with two attached hydrogens (primary N) is 1. The maximum Gasteiger partial charge on any atom is 0.169 e. The van der Waals surface area contributed by atoms with Gasteiger partial charge in [0.1, 0.15) is 5.82 Å². The number of halogens is 2. The first kappa shape index (κ1) is 13.8. The third-order valence-electron chi connectivity index (χ3n) is 3.05. The van der Waals surface area contributed by atoms with Gasteiger partial charge in [-0.05, 0) is 35.9 Å². The summed E-state index contributed by atoms with van der Waals surface area (Å²) < 4.78 is 14.1. The van der Waals surface area contributed by atoms with Crippen molar-refractivity contribution in [3.05, 3.63) is 58.3 Å². The number of para-hydroxylation sites is 2. The maximum absolute atomic E-state index is 13.3. The second kappa shape index (κ2) is 5.65. The van der Waals surface area contributed by atoms with E-state index in [1.54, 1.807) is 6.07 Å². The average molecular weight is 347 g/mol. The van der Waals surface area contributed by atoms with Crippen LogP contribution in [0.5, 0.6) is 0 Å². The smallest absolute Gasteiger partial charge is 0.169 e. The molecule has 0 fully saturated rings. The highest BCUT2D eigenvalue weighted by atomic mass is 79.9. The van der Waals surface area contributed by atoms with E-state index in [-0.39, 0.29) is 5.82 Å². The van der Waals surface area contributed by atoms with Crippen LogP contribution in [0.15, 0.2) is 46.9 Å². The molecular weight excluding hydrogens is 335 g/mol. The van der Waals surface area contributed by atoms with Crippen LogP contribution < -0.4 is 11.1 Å². The molecule has 0 aliphatic rings. The van der Waals surface area contributed by atoms with Gasteiger partial charge in [-0.3, -0.25) is 0 Å². The van der Waals surface area contributed by atoms with Crippen LogP contribution in [0.4, 0.5) is 16.0 Å². The molecular formula is C15H12BrFN4. The summed E-state index contributed by atoms with van der Waals surface area (Å²) in [7, 11) is 0. The zero-order valence-corrected chi connectivity index (χ0v) is 12.6. The molecule has 0 unspecified atom stereocenters. The van der Waals surface area contributed by atoms with Gasteiger partial charge in [0.05, 0.1) is 11.0 Å². The van der Waals surface area contributed by atoms with Crippen molar-refractivity contribution >= 4 is 38.6 Å². The summed E-state index contributed by atoms with van der Waals surface area (Å²) in [6, 6.07) is 12.0. The molecule has 0 aliphatic carbocycles. The molecule has 0 saturated heterocycles. The lowest BCUT2D eigenvalue weighted by Gasteiger charge is -2.10. The molecule has 3 aromatic rings. The second-order valence-electron chi connectivity index (χ2n) is 4.54. The van der Waals surface area contributed by atoms with E-state index in [9.17, 15) is 4.39 Å². The van der Waals surface area contributed by atoms with Gasteiger partial charge in [-0.15, -0.1) is 0 Å². The van der Waals surface area contributed by atoms with Crippen molar-refractivity contribution in [3.63, 3.8) is 0 Å². The standard InChI is InChI=1S/C15H12BrFN4/c16-11-6-5-10(17)7-9(11)8-19-15-14(18)20-12-3-1-2-4-13(12)21-15/h1-7H,8H2,(H2,18,20)(H,19,21). The Kier molecular flexibility index (Phi) is 3.70. The van der Waals surface area contributed by atoms with Crippen LogP contribution in [0.25, 0.3) is 11.0 Å². The first-order valence-corrected chi connectivity index (χ1v) is 7.13. The van der Waals surface area contributed by atoms with Crippen LogP contribution in [-0.2, 0) is 6.54 Å². The molecule has 3 N–H and O–H groups in total. The summed E-state index contributed by atoms with van der Waals surface area (Å²) in [5.74, 6) is 0.527. The van der Waals surface area contributed by atoms with E-state index in [4.69, 9.17) is 5.73 Å². The minimum atomic E-state index is -0.285. The van der Waals surface area contributed by atoms with Gasteiger partial charge in [0, 0.05) is 11.0 Å². The number of nitrogens with one attached hydrogen (secondary N) is 1. The molecule has 106 valence electrons. The molecule has 1 heterocycles. The molecule has 0 bridgehead atoms. The van der Waals surface area contributed by atoms with Crippen LogP contribution in [0.1, 0.15) is 5.56 Å². The van der Waals surface area contributed by atoms with Crippen molar-refractivity contribution < 1.29 is 4.39 Å². The molecule has 0 radical (unpaired) electrons. The molecule has 0 saturated carbocycles. The van der Waals surface area contributed by atoms with E-state index in [0.717, 1.165) is 21.1 Å². The van der Waals surface area contributed by atoms with Gasteiger partial charge in [-0.2, -0.15) is 0 Å². The number of nitrogens with zero attached hydrogens (tertiary/aromatic N) is 2. The molecule has 2 aromatic carbocycles. The summed E-state index contributed by atoms with van der Waals surface area (Å²) in [4.78, 5) is 8.73. The molecule has 0 aliphatic heterocycles. The lowest BCUT2D eigenvalue weighted by atomic mass is 10.2. The number of hydrogen-bond acceptors (Lipinski definition) is 4. The second-order valence-corrected chi connectivity index (χ2v) is 5.39. The quantitative estimate of drug-likeness (QED) is 0.758. The molecule has 1 aromatic heterocycles. The normalized spacial score (nSPS) is 10.8. The summed E-state index contributed by atoms with van der Waals surface area (Å²) in [6.07, 6.45) is 0. The monoisotopic (exact) mass is 346 g/mol. The van der Waals surface area contributed by atoms with E-state index < -0.39 is 0 Å². The predicted octanol–water partition coefficient (Wildman–Crippen LogP) is 3.73. The molecule has 4 nitrogen and oxygen atoms in total. The number of aromatic nitrogens is 2. The number of nitrogen functional groups attached to an aromatic ring is 1.